The van der Waals surface area contributed by atoms with Gasteiger partial charge in [0.1, 0.15) is 0 Å². The van der Waals surface area contributed by atoms with Crippen molar-refractivity contribution in [2.45, 2.75) is 63.1 Å². The van der Waals surface area contributed by atoms with Crippen molar-refractivity contribution in [2.75, 3.05) is 6.54 Å². The van der Waals surface area contributed by atoms with Crippen LogP contribution in [0.1, 0.15) is 45.4 Å². The Morgan fingerprint density at radius 3 is 2.81 bits per heavy atom. The number of primary amides is 1. The highest BCUT2D eigenvalue weighted by Gasteiger charge is 2.44. The minimum atomic E-state index is -0.744. The van der Waals surface area contributed by atoms with Crippen molar-refractivity contribution in [3.8, 4) is 0 Å². The molecule has 1 saturated carbocycles. The van der Waals surface area contributed by atoms with Crippen LogP contribution in [0.2, 0.25) is 0 Å². The molecule has 3 unspecified atom stereocenters. The smallest absolute Gasteiger partial charge is 0.237 e. The van der Waals surface area contributed by atoms with Crippen LogP contribution < -0.4 is 11.5 Å². The van der Waals surface area contributed by atoms with E-state index in [1.165, 1.54) is 19.3 Å². The van der Waals surface area contributed by atoms with Crippen LogP contribution in [0.4, 0.5) is 0 Å². The van der Waals surface area contributed by atoms with Crippen molar-refractivity contribution >= 4 is 5.91 Å². The number of carbonyl (C=O) groups excluding carboxylic acids is 1. The van der Waals surface area contributed by atoms with Crippen LogP contribution in [-0.2, 0) is 4.79 Å². The number of hydrogen-bond acceptors (Lipinski definition) is 3. The van der Waals surface area contributed by atoms with Crippen LogP contribution in [0.15, 0.2) is 0 Å². The summed E-state index contributed by atoms with van der Waals surface area (Å²) in [6.07, 6.45) is 6.30. The number of likely N-dealkylation sites (tertiary alicyclic amines) is 1. The highest BCUT2D eigenvalue weighted by molar-refractivity contribution is 5.84. The molecule has 3 atom stereocenters. The molecule has 0 radical (unpaired) electrons. The minimum absolute atomic E-state index is 0.331. The molecule has 0 spiro atoms. The molecule has 16 heavy (non-hydrogen) atoms. The van der Waals surface area contributed by atoms with E-state index in [0.29, 0.717) is 12.1 Å². The topological polar surface area (TPSA) is 72.3 Å². The summed E-state index contributed by atoms with van der Waals surface area (Å²) in [5.74, 6) is -0.331. The van der Waals surface area contributed by atoms with Gasteiger partial charge in [-0.2, -0.15) is 0 Å². The average molecular weight is 225 g/mol. The summed E-state index contributed by atoms with van der Waals surface area (Å²) in [4.78, 5) is 13.9. The standard InChI is InChI=1S/C12H23N3O/c1-2-9-4-3-7-15(9)10-5-6-12(14,8-10)11(13)16/h9-10H,2-8,14H2,1H3,(H2,13,16). The SMILES string of the molecule is CCC1CCCN1C1CCC(N)(C(N)=O)C1. The maximum atomic E-state index is 11.3. The lowest BCUT2D eigenvalue weighted by Crippen LogP contribution is -2.51. The molecule has 1 amide bonds. The van der Waals surface area contributed by atoms with Crippen molar-refractivity contribution in [3.05, 3.63) is 0 Å². The van der Waals surface area contributed by atoms with Gasteiger partial charge in [-0.15, -0.1) is 0 Å². The van der Waals surface area contributed by atoms with Crippen LogP contribution >= 0.6 is 0 Å². The highest BCUT2D eigenvalue weighted by atomic mass is 16.1. The van der Waals surface area contributed by atoms with Crippen LogP contribution in [-0.4, -0.2) is 35.0 Å². The lowest BCUT2D eigenvalue weighted by Gasteiger charge is -2.31. The van der Waals surface area contributed by atoms with E-state index in [1.807, 2.05) is 0 Å². The second-order valence-electron chi connectivity index (χ2n) is 5.36. The van der Waals surface area contributed by atoms with Gasteiger partial charge in [0, 0.05) is 12.1 Å². The average Bonchev–Trinajstić information content (AvgIpc) is 2.83. The molecule has 0 aromatic heterocycles. The molecule has 0 aromatic carbocycles. The van der Waals surface area contributed by atoms with Crippen molar-refractivity contribution in [1.82, 2.24) is 4.90 Å². The Morgan fingerprint density at radius 1 is 1.50 bits per heavy atom. The van der Waals surface area contributed by atoms with Gasteiger partial charge in [-0.25, -0.2) is 0 Å². The molecule has 0 bridgehead atoms. The van der Waals surface area contributed by atoms with Crippen LogP contribution in [0.25, 0.3) is 0 Å². The Morgan fingerprint density at radius 2 is 2.25 bits per heavy atom. The largest absolute Gasteiger partial charge is 0.368 e. The van der Waals surface area contributed by atoms with Gasteiger partial charge in [0.05, 0.1) is 5.54 Å². The maximum Gasteiger partial charge on any atom is 0.237 e. The second-order valence-corrected chi connectivity index (χ2v) is 5.36. The molecule has 2 rings (SSSR count). The zero-order chi connectivity index (χ0) is 11.8. The number of carbonyl (C=O) groups is 1. The molecule has 1 aliphatic heterocycles. The third kappa shape index (κ3) is 1.96. The molecular formula is C12H23N3O. The number of nitrogens with zero attached hydrogens (tertiary/aromatic N) is 1. The Labute approximate surface area is 97.3 Å². The predicted octanol–water partition coefficient (Wildman–Crippen LogP) is 0.596. The van der Waals surface area contributed by atoms with Crippen molar-refractivity contribution < 1.29 is 4.79 Å². The lowest BCUT2D eigenvalue weighted by atomic mass is 9.98. The van der Waals surface area contributed by atoms with Crippen LogP contribution in [0, 0.1) is 0 Å². The van der Waals surface area contributed by atoms with Gasteiger partial charge in [-0.05, 0) is 45.1 Å². The van der Waals surface area contributed by atoms with Gasteiger partial charge in [0.25, 0.3) is 0 Å². The first-order chi connectivity index (χ1) is 7.57. The quantitative estimate of drug-likeness (QED) is 0.738. The Bertz CT molecular complexity index is 281. The molecule has 92 valence electrons. The Kier molecular flexibility index (Phi) is 3.22. The van der Waals surface area contributed by atoms with E-state index >= 15 is 0 Å². The van der Waals surface area contributed by atoms with E-state index in [2.05, 4.69) is 11.8 Å². The molecule has 2 fully saturated rings. The third-order valence-corrected chi connectivity index (χ3v) is 4.38. The Balaban J connectivity index is 2.00. The molecule has 1 saturated heterocycles. The van der Waals surface area contributed by atoms with E-state index in [4.69, 9.17) is 11.5 Å². The highest BCUT2D eigenvalue weighted by Crippen LogP contribution is 2.35. The predicted molar refractivity (Wildman–Crippen MR) is 63.8 cm³/mol. The van der Waals surface area contributed by atoms with Gasteiger partial charge in [-0.1, -0.05) is 6.92 Å². The fourth-order valence-corrected chi connectivity index (χ4v) is 3.33. The summed E-state index contributed by atoms with van der Waals surface area (Å²) in [5, 5.41) is 0. The fraction of sp³-hybridized carbons (Fsp3) is 0.917. The van der Waals surface area contributed by atoms with Crippen molar-refractivity contribution in [1.29, 1.82) is 0 Å². The summed E-state index contributed by atoms with van der Waals surface area (Å²) in [5.41, 5.74) is 10.7. The zero-order valence-electron chi connectivity index (χ0n) is 10.1. The van der Waals surface area contributed by atoms with E-state index in [1.54, 1.807) is 0 Å². The maximum absolute atomic E-state index is 11.3. The van der Waals surface area contributed by atoms with Gasteiger partial charge in [-0.3, -0.25) is 9.69 Å². The fourth-order valence-electron chi connectivity index (χ4n) is 3.33. The minimum Gasteiger partial charge on any atom is -0.368 e. The third-order valence-electron chi connectivity index (χ3n) is 4.38. The summed E-state index contributed by atoms with van der Waals surface area (Å²) in [7, 11) is 0. The van der Waals surface area contributed by atoms with E-state index in [-0.39, 0.29) is 5.91 Å². The normalized spacial score (nSPS) is 40.4. The molecular weight excluding hydrogens is 202 g/mol. The van der Waals surface area contributed by atoms with Crippen molar-refractivity contribution in [2.24, 2.45) is 11.5 Å². The number of hydrogen-bond donors (Lipinski definition) is 2. The van der Waals surface area contributed by atoms with Gasteiger partial charge in [0.15, 0.2) is 0 Å². The number of amides is 1. The summed E-state index contributed by atoms with van der Waals surface area (Å²) < 4.78 is 0. The molecule has 4 nitrogen and oxygen atoms in total. The van der Waals surface area contributed by atoms with E-state index in [0.717, 1.165) is 25.8 Å². The first kappa shape index (κ1) is 11.9. The molecule has 0 aromatic rings. The first-order valence-electron chi connectivity index (χ1n) is 6.41. The molecule has 1 heterocycles. The first-order valence-corrected chi connectivity index (χ1v) is 6.41. The van der Waals surface area contributed by atoms with E-state index in [9.17, 15) is 4.79 Å². The van der Waals surface area contributed by atoms with Crippen LogP contribution in [0.5, 0.6) is 0 Å². The van der Waals surface area contributed by atoms with Gasteiger partial charge < -0.3 is 11.5 Å². The second kappa shape index (κ2) is 4.34. The summed E-state index contributed by atoms with van der Waals surface area (Å²) >= 11 is 0. The molecule has 1 aliphatic carbocycles. The summed E-state index contributed by atoms with van der Waals surface area (Å²) in [6, 6.07) is 1.17. The molecule has 4 heteroatoms. The number of rotatable bonds is 3. The molecule has 4 N–H and O–H groups in total. The van der Waals surface area contributed by atoms with Crippen molar-refractivity contribution in [3.63, 3.8) is 0 Å². The van der Waals surface area contributed by atoms with Gasteiger partial charge >= 0.3 is 0 Å². The lowest BCUT2D eigenvalue weighted by molar-refractivity contribution is -0.123. The monoisotopic (exact) mass is 225 g/mol. The Hall–Kier alpha value is -0.610. The zero-order valence-corrected chi connectivity index (χ0v) is 10.1. The number of nitrogens with two attached hydrogens (primary N) is 2. The van der Waals surface area contributed by atoms with Crippen LogP contribution in [0.3, 0.4) is 0 Å². The molecule has 2 aliphatic rings. The summed E-state index contributed by atoms with van der Waals surface area (Å²) in [6.45, 7) is 3.40. The van der Waals surface area contributed by atoms with Gasteiger partial charge in [0.2, 0.25) is 5.91 Å². The van der Waals surface area contributed by atoms with E-state index < -0.39 is 5.54 Å².